The summed E-state index contributed by atoms with van der Waals surface area (Å²) in [4.78, 5) is 24.0. The number of nitrogens with one attached hydrogen (secondary N) is 3. The molecular formula is C17H19N3O3. The van der Waals surface area contributed by atoms with Gasteiger partial charge in [0.05, 0.1) is 17.9 Å². The van der Waals surface area contributed by atoms with Crippen LogP contribution in [0, 0.1) is 12.8 Å². The normalized spacial score (nSPS) is 14.8. The van der Waals surface area contributed by atoms with Gasteiger partial charge in [0.15, 0.2) is 0 Å². The summed E-state index contributed by atoms with van der Waals surface area (Å²) >= 11 is 0. The minimum atomic E-state index is -0.430. The Labute approximate surface area is 134 Å². The first-order chi connectivity index (χ1) is 11.1. The van der Waals surface area contributed by atoms with Gasteiger partial charge in [0.1, 0.15) is 5.76 Å². The topological polar surface area (TPSA) is 83.4 Å². The summed E-state index contributed by atoms with van der Waals surface area (Å²) in [6.45, 7) is 1.69. The van der Waals surface area contributed by atoms with Gasteiger partial charge in [-0.15, -0.1) is 0 Å². The molecule has 3 rings (SSSR count). The van der Waals surface area contributed by atoms with Gasteiger partial charge in [-0.1, -0.05) is 30.3 Å². The van der Waals surface area contributed by atoms with Crippen molar-refractivity contribution in [1.82, 2.24) is 16.2 Å². The lowest BCUT2D eigenvalue weighted by molar-refractivity contribution is 0.0934. The number of furan rings is 1. The Bertz CT molecular complexity index is 692. The molecule has 0 bridgehead atoms. The van der Waals surface area contributed by atoms with E-state index >= 15 is 0 Å². The van der Waals surface area contributed by atoms with Crippen LogP contribution < -0.4 is 16.2 Å². The van der Waals surface area contributed by atoms with E-state index in [1.807, 2.05) is 30.3 Å². The van der Waals surface area contributed by atoms with Crippen LogP contribution >= 0.6 is 0 Å². The maximum atomic E-state index is 12.1. The van der Waals surface area contributed by atoms with Crippen LogP contribution in [-0.4, -0.2) is 11.9 Å². The predicted octanol–water partition coefficient (Wildman–Crippen LogP) is 2.68. The highest BCUT2D eigenvalue weighted by molar-refractivity contribution is 5.96. The van der Waals surface area contributed by atoms with Gasteiger partial charge in [0.25, 0.3) is 5.91 Å². The predicted molar refractivity (Wildman–Crippen MR) is 84.5 cm³/mol. The Morgan fingerprint density at radius 1 is 1.13 bits per heavy atom. The maximum Gasteiger partial charge on any atom is 0.333 e. The molecule has 23 heavy (non-hydrogen) atoms. The highest BCUT2D eigenvalue weighted by Gasteiger charge is 2.33. The van der Waals surface area contributed by atoms with E-state index in [0.717, 1.165) is 18.4 Å². The zero-order valence-corrected chi connectivity index (χ0v) is 12.8. The summed E-state index contributed by atoms with van der Waals surface area (Å²) in [5.41, 5.74) is 6.24. The number of aryl methyl sites for hydroxylation is 1. The molecule has 1 aromatic carbocycles. The van der Waals surface area contributed by atoms with Crippen LogP contribution in [0.3, 0.4) is 0 Å². The lowest BCUT2D eigenvalue weighted by Crippen LogP contribution is -2.48. The number of amides is 3. The summed E-state index contributed by atoms with van der Waals surface area (Å²) < 4.78 is 5.07. The number of hydrogen-bond donors (Lipinski definition) is 3. The Kier molecular flexibility index (Phi) is 4.32. The Hall–Kier alpha value is -2.76. The lowest BCUT2D eigenvalue weighted by Gasteiger charge is -2.19. The molecule has 1 heterocycles. The van der Waals surface area contributed by atoms with E-state index in [0.29, 0.717) is 17.2 Å². The van der Waals surface area contributed by atoms with Crippen molar-refractivity contribution in [2.75, 3.05) is 0 Å². The van der Waals surface area contributed by atoms with Crippen molar-refractivity contribution in [3.63, 3.8) is 0 Å². The molecule has 1 aliphatic carbocycles. The molecule has 1 saturated carbocycles. The molecule has 1 aliphatic rings. The van der Waals surface area contributed by atoms with Gasteiger partial charge in [-0.25, -0.2) is 10.2 Å². The Morgan fingerprint density at radius 3 is 2.48 bits per heavy atom. The molecule has 3 amide bonds. The standard InChI is InChI=1S/C17H19N3O3/c1-11-14(9-10-23-11)16(21)19-20-17(22)18-15(13-7-8-13)12-5-3-2-4-6-12/h2-6,9-10,13,15H,7-8H2,1H3,(H,19,21)(H2,18,20,22)/t15-/m1/s1. The van der Waals surface area contributed by atoms with Gasteiger partial charge >= 0.3 is 6.03 Å². The van der Waals surface area contributed by atoms with Gasteiger partial charge in [0, 0.05) is 0 Å². The molecule has 0 radical (unpaired) electrons. The molecule has 1 aromatic heterocycles. The first-order valence-electron chi connectivity index (χ1n) is 7.61. The largest absolute Gasteiger partial charge is 0.469 e. The second-order valence-electron chi connectivity index (χ2n) is 5.67. The Balaban J connectivity index is 1.56. The number of carbonyl (C=O) groups excluding carboxylic acids is 2. The number of carbonyl (C=O) groups is 2. The minimum absolute atomic E-state index is 0.0382. The molecule has 120 valence electrons. The number of urea groups is 1. The second kappa shape index (κ2) is 6.56. The molecule has 0 spiro atoms. The van der Waals surface area contributed by atoms with Crippen molar-refractivity contribution in [3.05, 3.63) is 59.5 Å². The zero-order valence-electron chi connectivity index (χ0n) is 12.8. The van der Waals surface area contributed by atoms with Gasteiger partial charge in [-0.3, -0.25) is 10.2 Å². The molecule has 3 N–H and O–H groups in total. The highest BCUT2D eigenvalue weighted by atomic mass is 16.3. The van der Waals surface area contributed by atoms with E-state index in [2.05, 4.69) is 16.2 Å². The number of hydrazine groups is 1. The molecule has 2 aromatic rings. The lowest BCUT2D eigenvalue weighted by atomic mass is 10.0. The fraction of sp³-hybridized carbons (Fsp3) is 0.294. The van der Waals surface area contributed by atoms with E-state index < -0.39 is 11.9 Å². The third-order valence-corrected chi connectivity index (χ3v) is 3.93. The summed E-state index contributed by atoms with van der Waals surface area (Å²) in [6.07, 6.45) is 3.63. The van der Waals surface area contributed by atoms with Gasteiger partial charge in [0.2, 0.25) is 0 Å². The van der Waals surface area contributed by atoms with Crippen molar-refractivity contribution in [2.45, 2.75) is 25.8 Å². The zero-order chi connectivity index (χ0) is 16.2. The fourth-order valence-corrected chi connectivity index (χ4v) is 2.54. The van der Waals surface area contributed by atoms with Crippen molar-refractivity contribution >= 4 is 11.9 Å². The quantitative estimate of drug-likeness (QED) is 0.759. The number of rotatable bonds is 4. The third kappa shape index (κ3) is 3.71. The van der Waals surface area contributed by atoms with Crippen LogP contribution in [0.25, 0.3) is 0 Å². The molecule has 1 fully saturated rings. The third-order valence-electron chi connectivity index (χ3n) is 3.93. The van der Waals surface area contributed by atoms with Crippen molar-refractivity contribution < 1.29 is 14.0 Å². The number of benzene rings is 1. The average Bonchev–Trinajstić information content (AvgIpc) is 3.32. The summed E-state index contributed by atoms with van der Waals surface area (Å²) in [5.74, 6) is 0.550. The van der Waals surface area contributed by atoms with Crippen LogP contribution in [-0.2, 0) is 0 Å². The Morgan fingerprint density at radius 2 is 1.87 bits per heavy atom. The monoisotopic (exact) mass is 313 g/mol. The van der Waals surface area contributed by atoms with Crippen LogP contribution in [0.5, 0.6) is 0 Å². The van der Waals surface area contributed by atoms with E-state index in [1.54, 1.807) is 13.0 Å². The van der Waals surface area contributed by atoms with Gasteiger partial charge in [-0.05, 0) is 37.3 Å². The van der Waals surface area contributed by atoms with E-state index in [1.165, 1.54) is 6.26 Å². The molecule has 1 atom stereocenters. The summed E-state index contributed by atoms with van der Waals surface area (Å²) in [7, 11) is 0. The van der Waals surface area contributed by atoms with Crippen molar-refractivity contribution in [2.24, 2.45) is 5.92 Å². The first kappa shape index (κ1) is 15.1. The molecular weight excluding hydrogens is 294 g/mol. The van der Waals surface area contributed by atoms with Gasteiger partial charge < -0.3 is 9.73 Å². The molecule has 6 heteroatoms. The summed E-state index contributed by atoms with van der Waals surface area (Å²) in [6, 6.07) is 10.9. The van der Waals surface area contributed by atoms with Crippen LogP contribution in [0.2, 0.25) is 0 Å². The smallest absolute Gasteiger partial charge is 0.333 e. The highest BCUT2D eigenvalue weighted by Crippen LogP contribution is 2.40. The SMILES string of the molecule is Cc1occc1C(=O)NNC(=O)N[C@H](c1ccccc1)C1CC1. The minimum Gasteiger partial charge on any atom is -0.469 e. The average molecular weight is 313 g/mol. The molecule has 0 saturated heterocycles. The van der Waals surface area contributed by atoms with Crippen molar-refractivity contribution in [1.29, 1.82) is 0 Å². The molecule has 0 aliphatic heterocycles. The van der Waals surface area contributed by atoms with E-state index in [9.17, 15) is 9.59 Å². The molecule has 6 nitrogen and oxygen atoms in total. The van der Waals surface area contributed by atoms with Gasteiger partial charge in [-0.2, -0.15) is 0 Å². The maximum absolute atomic E-state index is 12.1. The first-order valence-corrected chi connectivity index (χ1v) is 7.61. The van der Waals surface area contributed by atoms with Crippen LogP contribution in [0.15, 0.2) is 47.1 Å². The second-order valence-corrected chi connectivity index (χ2v) is 5.67. The number of hydrogen-bond acceptors (Lipinski definition) is 3. The fourth-order valence-electron chi connectivity index (χ4n) is 2.54. The van der Waals surface area contributed by atoms with Crippen LogP contribution in [0.4, 0.5) is 4.79 Å². The van der Waals surface area contributed by atoms with E-state index in [4.69, 9.17) is 4.42 Å². The summed E-state index contributed by atoms with van der Waals surface area (Å²) in [5, 5.41) is 2.92. The molecule has 0 unspecified atom stereocenters. The van der Waals surface area contributed by atoms with Crippen molar-refractivity contribution in [3.8, 4) is 0 Å². The van der Waals surface area contributed by atoms with E-state index in [-0.39, 0.29) is 6.04 Å². The van der Waals surface area contributed by atoms with Crippen LogP contribution in [0.1, 0.15) is 40.6 Å².